The number of nitrogens with zero attached hydrogens (tertiary/aromatic N) is 1. The fourth-order valence-electron chi connectivity index (χ4n) is 2.16. The van der Waals surface area contributed by atoms with Gasteiger partial charge in [-0.2, -0.15) is 0 Å². The number of benzene rings is 1. The van der Waals surface area contributed by atoms with Crippen LogP contribution in [0.2, 0.25) is 0 Å². The molecule has 2 rings (SSSR count). The highest BCUT2D eigenvalue weighted by Crippen LogP contribution is 2.19. The summed E-state index contributed by atoms with van der Waals surface area (Å²) < 4.78 is 5.42. The van der Waals surface area contributed by atoms with E-state index in [1.165, 1.54) is 0 Å². The average Bonchev–Trinajstić information content (AvgIpc) is 2.87. The first-order valence-electron chi connectivity index (χ1n) is 6.30. The van der Waals surface area contributed by atoms with Crippen molar-refractivity contribution in [3.63, 3.8) is 0 Å². The van der Waals surface area contributed by atoms with Gasteiger partial charge in [0, 0.05) is 19.0 Å². The minimum atomic E-state index is -0.349. The van der Waals surface area contributed by atoms with Crippen LogP contribution in [0.25, 0.3) is 0 Å². The molecule has 0 bridgehead atoms. The van der Waals surface area contributed by atoms with Crippen LogP contribution in [0.3, 0.4) is 0 Å². The van der Waals surface area contributed by atoms with Gasteiger partial charge in [-0.15, -0.1) is 0 Å². The number of ether oxygens (including phenoxy) is 1. The second-order valence-corrected chi connectivity index (χ2v) is 4.73. The maximum atomic E-state index is 11.9. The van der Waals surface area contributed by atoms with Crippen molar-refractivity contribution in [2.75, 3.05) is 19.7 Å². The average molecular weight is 249 g/mol. The van der Waals surface area contributed by atoms with Gasteiger partial charge in [-0.05, 0) is 25.5 Å². The lowest BCUT2D eigenvalue weighted by Crippen LogP contribution is -2.34. The van der Waals surface area contributed by atoms with Gasteiger partial charge in [0.15, 0.2) is 6.61 Å². The van der Waals surface area contributed by atoms with Crippen LogP contribution in [0.5, 0.6) is 5.75 Å². The van der Waals surface area contributed by atoms with E-state index in [9.17, 15) is 9.90 Å². The summed E-state index contributed by atoms with van der Waals surface area (Å²) in [5.41, 5.74) is 0. The topological polar surface area (TPSA) is 49.8 Å². The Morgan fingerprint density at radius 2 is 2.22 bits per heavy atom. The first-order valence-corrected chi connectivity index (χ1v) is 6.30. The van der Waals surface area contributed by atoms with E-state index in [1.54, 1.807) is 11.8 Å². The number of aliphatic hydroxyl groups excluding tert-OH is 1. The van der Waals surface area contributed by atoms with Crippen molar-refractivity contribution < 1.29 is 14.6 Å². The van der Waals surface area contributed by atoms with Crippen LogP contribution in [-0.4, -0.2) is 41.7 Å². The maximum Gasteiger partial charge on any atom is 0.260 e. The summed E-state index contributed by atoms with van der Waals surface area (Å²) >= 11 is 0. The summed E-state index contributed by atoms with van der Waals surface area (Å²) in [6, 6.07) is 9.31. The highest BCUT2D eigenvalue weighted by Gasteiger charge is 2.28. The molecule has 4 nitrogen and oxygen atoms in total. The molecule has 0 saturated carbocycles. The number of aliphatic hydroxyl groups is 1. The van der Waals surface area contributed by atoms with Crippen molar-refractivity contribution in [1.29, 1.82) is 0 Å². The maximum absolute atomic E-state index is 11.9. The number of carbonyl (C=O) groups is 1. The fourth-order valence-corrected chi connectivity index (χ4v) is 2.16. The van der Waals surface area contributed by atoms with Gasteiger partial charge in [0.05, 0.1) is 6.10 Å². The molecule has 4 heteroatoms. The fraction of sp³-hybridized carbons (Fsp3) is 0.500. The minimum Gasteiger partial charge on any atom is -0.484 e. The number of hydrogen-bond acceptors (Lipinski definition) is 3. The lowest BCUT2D eigenvalue weighted by molar-refractivity contribution is -0.132. The van der Waals surface area contributed by atoms with E-state index in [0.717, 1.165) is 6.42 Å². The summed E-state index contributed by atoms with van der Waals surface area (Å²) in [6.07, 6.45) is 0.521. The molecule has 18 heavy (non-hydrogen) atoms. The molecule has 1 heterocycles. The van der Waals surface area contributed by atoms with Gasteiger partial charge in [0.1, 0.15) is 5.75 Å². The van der Waals surface area contributed by atoms with Crippen molar-refractivity contribution in [1.82, 2.24) is 4.90 Å². The van der Waals surface area contributed by atoms with E-state index >= 15 is 0 Å². The van der Waals surface area contributed by atoms with E-state index in [4.69, 9.17) is 4.74 Å². The van der Waals surface area contributed by atoms with Gasteiger partial charge < -0.3 is 14.7 Å². The van der Waals surface area contributed by atoms with E-state index in [0.29, 0.717) is 18.8 Å². The molecule has 2 unspecified atom stereocenters. The molecule has 0 spiro atoms. The lowest BCUT2D eigenvalue weighted by atomic mass is 10.0. The number of hydrogen-bond donors (Lipinski definition) is 1. The minimum absolute atomic E-state index is 0.0120. The van der Waals surface area contributed by atoms with Crippen LogP contribution in [0, 0.1) is 5.92 Å². The Kier molecular flexibility index (Phi) is 4.20. The van der Waals surface area contributed by atoms with Gasteiger partial charge in [-0.25, -0.2) is 0 Å². The summed E-state index contributed by atoms with van der Waals surface area (Å²) in [5, 5.41) is 9.49. The third-order valence-electron chi connectivity index (χ3n) is 3.37. The van der Waals surface area contributed by atoms with Crippen molar-refractivity contribution in [2.45, 2.75) is 19.4 Å². The predicted molar refractivity (Wildman–Crippen MR) is 68.3 cm³/mol. The Morgan fingerprint density at radius 3 is 2.83 bits per heavy atom. The van der Waals surface area contributed by atoms with Crippen LogP contribution in [0.15, 0.2) is 30.3 Å². The first kappa shape index (κ1) is 12.9. The SMILES string of the molecule is CC(O)C1CCN(C(=O)COc2ccccc2)C1. The molecule has 98 valence electrons. The molecule has 0 aromatic heterocycles. The van der Waals surface area contributed by atoms with Crippen molar-refractivity contribution in [3.05, 3.63) is 30.3 Å². The van der Waals surface area contributed by atoms with Crippen molar-refractivity contribution >= 4 is 5.91 Å². The van der Waals surface area contributed by atoms with Gasteiger partial charge in [0.25, 0.3) is 5.91 Å². The van der Waals surface area contributed by atoms with Crippen LogP contribution in [0.4, 0.5) is 0 Å². The van der Waals surface area contributed by atoms with Crippen LogP contribution in [-0.2, 0) is 4.79 Å². The Bertz CT molecular complexity index is 391. The first-order chi connectivity index (χ1) is 8.66. The standard InChI is InChI=1S/C14H19NO3/c1-11(16)12-7-8-15(9-12)14(17)10-18-13-5-3-2-4-6-13/h2-6,11-12,16H,7-10H2,1H3. The Balaban J connectivity index is 1.79. The van der Waals surface area contributed by atoms with E-state index in [1.807, 2.05) is 30.3 Å². The Morgan fingerprint density at radius 1 is 1.50 bits per heavy atom. The normalized spacial score (nSPS) is 20.8. The van der Waals surface area contributed by atoms with Gasteiger partial charge in [0.2, 0.25) is 0 Å². The number of rotatable bonds is 4. The zero-order valence-corrected chi connectivity index (χ0v) is 10.6. The van der Waals surface area contributed by atoms with Crippen molar-refractivity contribution in [3.8, 4) is 5.75 Å². The highest BCUT2D eigenvalue weighted by atomic mass is 16.5. The van der Waals surface area contributed by atoms with Crippen LogP contribution < -0.4 is 4.74 Å². The molecule has 1 aliphatic rings. The summed E-state index contributed by atoms with van der Waals surface area (Å²) in [5.74, 6) is 0.893. The molecule has 0 radical (unpaired) electrons. The van der Waals surface area contributed by atoms with E-state index < -0.39 is 0 Å². The molecule has 1 N–H and O–H groups in total. The van der Waals surface area contributed by atoms with E-state index in [2.05, 4.69) is 0 Å². The highest BCUT2D eigenvalue weighted by molar-refractivity contribution is 5.78. The number of amides is 1. The molecular formula is C14H19NO3. The molecule has 1 saturated heterocycles. The van der Waals surface area contributed by atoms with Crippen LogP contribution >= 0.6 is 0 Å². The largest absolute Gasteiger partial charge is 0.484 e. The summed E-state index contributed by atoms with van der Waals surface area (Å²) in [6.45, 7) is 3.19. The number of likely N-dealkylation sites (tertiary alicyclic amines) is 1. The lowest BCUT2D eigenvalue weighted by Gasteiger charge is -2.17. The third-order valence-corrected chi connectivity index (χ3v) is 3.37. The Hall–Kier alpha value is -1.55. The molecular weight excluding hydrogens is 230 g/mol. The number of para-hydroxylation sites is 1. The number of carbonyl (C=O) groups excluding carboxylic acids is 1. The van der Waals surface area contributed by atoms with Gasteiger partial charge >= 0.3 is 0 Å². The molecule has 0 aliphatic carbocycles. The molecule has 1 aromatic rings. The molecule has 1 amide bonds. The zero-order valence-electron chi connectivity index (χ0n) is 10.6. The smallest absolute Gasteiger partial charge is 0.260 e. The second-order valence-electron chi connectivity index (χ2n) is 4.73. The van der Waals surface area contributed by atoms with Gasteiger partial charge in [-0.3, -0.25) is 4.79 Å². The quantitative estimate of drug-likeness (QED) is 0.875. The second kappa shape index (κ2) is 5.87. The molecule has 1 aromatic carbocycles. The van der Waals surface area contributed by atoms with E-state index in [-0.39, 0.29) is 24.5 Å². The Labute approximate surface area is 107 Å². The van der Waals surface area contributed by atoms with Crippen LogP contribution in [0.1, 0.15) is 13.3 Å². The van der Waals surface area contributed by atoms with Gasteiger partial charge in [-0.1, -0.05) is 18.2 Å². The summed E-state index contributed by atoms with van der Waals surface area (Å²) in [7, 11) is 0. The van der Waals surface area contributed by atoms with Crippen molar-refractivity contribution in [2.24, 2.45) is 5.92 Å². The zero-order chi connectivity index (χ0) is 13.0. The summed E-state index contributed by atoms with van der Waals surface area (Å²) in [4.78, 5) is 13.7. The molecule has 1 fully saturated rings. The monoisotopic (exact) mass is 249 g/mol. The predicted octanol–water partition coefficient (Wildman–Crippen LogP) is 1.29. The molecule has 1 aliphatic heterocycles. The third kappa shape index (κ3) is 3.23. The molecule has 2 atom stereocenters.